The summed E-state index contributed by atoms with van der Waals surface area (Å²) in [4.78, 5) is 12.4. The molecular weight excluding hydrogens is 291 g/mol. The average molecular weight is 308 g/mol. The van der Waals surface area contributed by atoms with E-state index in [2.05, 4.69) is 5.32 Å². The summed E-state index contributed by atoms with van der Waals surface area (Å²) in [5, 5.41) is 2.87. The fraction of sp³-hybridized carbons (Fsp3) is 0.105. The molecule has 0 saturated heterocycles. The quantitative estimate of drug-likeness (QED) is 0.751. The molecule has 0 unspecified atom stereocenters. The maximum Gasteiger partial charge on any atom is 0.226 e. The maximum absolute atomic E-state index is 13.5. The van der Waals surface area contributed by atoms with Crippen LogP contribution in [0.2, 0.25) is 0 Å². The minimum absolute atomic E-state index is 0.112. The number of halogens is 1. The van der Waals surface area contributed by atoms with Crippen molar-refractivity contribution in [1.29, 1.82) is 0 Å². The van der Waals surface area contributed by atoms with E-state index in [1.807, 2.05) is 65.5 Å². The van der Waals surface area contributed by atoms with Crippen molar-refractivity contribution in [3.05, 3.63) is 90.5 Å². The van der Waals surface area contributed by atoms with E-state index in [4.69, 9.17) is 0 Å². The predicted molar refractivity (Wildman–Crippen MR) is 88.7 cm³/mol. The number of nitrogens with one attached hydrogen (secondary N) is 1. The largest absolute Gasteiger partial charge is 0.346 e. The number of para-hydroxylation sites is 1. The molecular formula is C19H17FN2O. The Morgan fingerprint density at radius 3 is 2.43 bits per heavy atom. The van der Waals surface area contributed by atoms with Gasteiger partial charge in [-0.3, -0.25) is 4.79 Å². The average Bonchev–Trinajstić information content (AvgIpc) is 3.08. The molecule has 2 aromatic carbocycles. The second kappa shape index (κ2) is 6.92. The third-order valence-corrected chi connectivity index (χ3v) is 3.66. The molecule has 0 spiro atoms. The second-order valence-electron chi connectivity index (χ2n) is 5.32. The van der Waals surface area contributed by atoms with E-state index in [9.17, 15) is 9.18 Å². The van der Waals surface area contributed by atoms with Gasteiger partial charge in [0.1, 0.15) is 5.82 Å². The van der Waals surface area contributed by atoms with Crippen LogP contribution in [0.3, 0.4) is 0 Å². The molecule has 0 fully saturated rings. The lowest BCUT2D eigenvalue weighted by molar-refractivity contribution is -0.116. The summed E-state index contributed by atoms with van der Waals surface area (Å²) in [5.41, 5.74) is 1.52. The first kappa shape index (κ1) is 15.0. The Labute approximate surface area is 134 Å². The van der Waals surface area contributed by atoms with Crippen LogP contribution in [-0.4, -0.2) is 10.5 Å². The van der Waals surface area contributed by atoms with Crippen LogP contribution in [0.25, 0.3) is 0 Å². The fourth-order valence-corrected chi connectivity index (χ4v) is 2.57. The van der Waals surface area contributed by atoms with Crippen LogP contribution in [-0.2, 0) is 4.79 Å². The molecule has 23 heavy (non-hydrogen) atoms. The predicted octanol–water partition coefficient (Wildman–Crippen LogP) is 4.25. The number of carbonyl (C=O) groups excluding carboxylic acids is 1. The minimum Gasteiger partial charge on any atom is -0.346 e. The van der Waals surface area contributed by atoms with Crippen LogP contribution in [0, 0.1) is 5.82 Å². The third-order valence-electron chi connectivity index (χ3n) is 3.66. The highest BCUT2D eigenvalue weighted by molar-refractivity contribution is 5.91. The number of aromatic nitrogens is 1. The lowest BCUT2D eigenvalue weighted by atomic mass is 10.0. The number of nitrogens with zero attached hydrogens (tertiary/aromatic N) is 1. The maximum atomic E-state index is 13.5. The molecule has 3 aromatic rings. The van der Waals surface area contributed by atoms with E-state index in [1.165, 1.54) is 12.1 Å². The number of hydrogen-bond donors (Lipinski definition) is 1. The van der Waals surface area contributed by atoms with Gasteiger partial charge in [0, 0.05) is 18.1 Å². The number of anilines is 1. The van der Waals surface area contributed by atoms with Crippen LogP contribution in [0.15, 0.2) is 79.1 Å². The molecule has 1 aromatic heterocycles. The van der Waals surface area contributed by atoms with Gasteiger partial charge in [-0.1, -0.05) is 30.3 Å². The molecule has 1 heterocycles. The first-order valence-electron chi connectivity index (χ1n) is 7.45. The van der Waals surface area contributed by atoms with Crippen LogP contribution in [0.5, 0.6) is 0 Å². The van der Waals surface area contributed by atoms with Crippen LogP contribution in [0.4, 0.5) is 10.1 Å². The molecule has 0 aliphatic rings. The monoisotopic (exact) mass is 308 g/mol. The number of hydrogen-bond acceptors (Lipinski definition) is 1. The summed E-state index contributed by atoms with van der Waals surface area (Å²) in [6.45, 7) is 0. The first-order chi connectivity index (χ1) is 11.2. The molecule has 116 valence electrons. The van der Waals surface area contributed by atoms with E-state index in [0.29, 0.717) is 0 Å². The lowest BCUT2D eigenvalue weighted by Gasteiger charge is -2.19. The highest BCUT2D eigenvalue weighted by Gasteiger charge is 2.18. The topological polar surface area (TPSA) is 34.0 Å². The van der Waals surface area contributed by atoms with Crippen LogP contribution >= 0.6 is 0 Å². The highest BCUT2D eigenvalue weighted by atomic mass is 19.1. The van der Waals surface area contributed by atoms with E-state index in [1.54, 1.807) is 6.07 Å². The standard InChI is InChI=1S/C19H17FN2O/c20-16-8-6-7-15(13-16)18(22-11-4-5-12-22)14-19(23)21-17-9-2-1-3-10-17/h1-13,18H,14H2,(H,21,23)/t18-/m1/s1. The Morgan fingerprint density at radius 1 is 1.00 bits per heavy atom. The number of rotatable bonds is 5. The molecule has 4 heteroatoms. The third kappa shape index (κ3) is 3.86. The zero-order valence-electron chi connectivity index (χ0n) is 12.5. The zero-order chi connectivity index (χ0) is 16.1. The summed E-state index contributed by atoms with van der Waals surface area (Å²) in [6, 6.07) is 19.2. The van der Waals surface area contributed by atoms with Gasteiger partial charge in [-0.2, -0.15) is 0 Å². The molecule has 0 aliphatic heterocycles. The van der Waals surface area contributed by atoms with Gasteiger partial charge in [-0.25, -0.2) is 4.39 Å². The number of carbonyl (C=O) groups is 1. The van der Waals surface area contributed by atoms with Crippen molar-refractivity contribution >= 4 is 11.6 Å². The summed E-state index contributed by atoms with van der Waals surface area (Å²) in [7, 11) is 0. The Hall–Kier alpha value is -2.88. The van der Waals surface area contributed by atoms with Crippen molar-refractivity contribution in [1.82, 2.24) is 4.57 Å². The van der Waals surface area contributed by atoms with E-state index in [0.717, 1.165) is 11.3 Å². The normalized spacial score (nSPS) is 11.9. The van der Waals surface area contributed by atoms with Crippen molar-refractivity contribution < 1.29 is 9.18 Å². The van der Waals surface area contributed by atoms with Crippen LogP contribution < -0.4 is 5.32 Å². The van der Waals surface area contributed by atoms with Crippen molar-refractivity contribution in [3.63, 3.8) is 0 Å². The summed E-state index contributed by atoms with van der Waals surface area (Å²) < 4.78 is 15.5. The van der Waals surface area contributed by atoms with E-state index >= 15 is 0 Å². The van der Waals surface area contributed by atoms with E-state index < -0.39 is 0 Å². The molecule has 0 radical (unpaired) electrons. The molecule has 1 amide bonds. The Balaban J connectivity index is 1.81. The van der Waals surface area contributed by atoms with Gasteiger partial charge in [0.05, 0.1) is 12.5 Å². The van der Waals surface area contributed by atoms with Gasteiger partial charge in [0.2, 0.25) is 5.91 Å². The zero-order valence-corrected chi connectivity index (χ0v) is 12.5. The molecule has 0 saturated carbocycles. The van der Waals surface area contributed by atoms with Gasteiger partial charge in [-0.05, 0) is 42.0 Å². The summed E-state index contributed by atoms with van der Waals surface area (Å²) in [5.74, 6) is -0.415. The Morgan fingerprint density at radius 2 is 1.74 bits per heavy atom. The molecule has 0 aliphatic carbocycles. The molecule has 3 nitrogen and oxygen atoms in total. The van der Waals surface area contributed by atoms with Crippen molar-refractivity contribution in [2.45, 2.75) is 12.5 Å². The fourth-order valence-electron chi connectivity index (χ4n) is 2.57. The Kier molecular flexibility index (Phi) is 4.52. The van der Waals surface area contributed by atoms with Gasteiger partial charge in [0.25, 0.3) is 0 Å². The highest BCUT2D eigenvalue weighted by Crippen LogP contribution is 2.23. The number of amides is 1. The smallest absolute Gasteiger partial charge is 0.226 e. The van der Waals surface area contributed by atoms with Crippen molar-refractivity contribution in [3.8, 4) is 0 Å². The van der Waals surface area contributed by atoms with Gasteiger partial charge >= 0.3 is 0 Å². The molecule has 1 atom stereocenters. The first-order valence-corrected chi connectivity index (χ1v) is 7.45. The van der Waals surface area contributed by atoms with Gasteiger partial charge in [0.15, 0.2) is 0 Å². The molecule has 0 bridgehead atoms. The van der Waals surface area contributed by atoms with Gasteiger partial charge in [-0.15, -0.1) is 0 Å². The van der Waals surface area contributed by atoms with Crippen molar-refractivity contribution in [2.24, 2.45) is 0 Å². The second-order valence-corrected chi connectivity index (χ2v) is 5.32. The minimum atomic E-state index is -0.303. The van der Waals surface area contributed by atoms with Gasteiger partial charge < -0.3 is 9.88 Å². The summed E-state index contributed by atoms with van der Waals surface area (Å²) >= 11 is 0. The molecule has 1 N–H and O–H groups in total. The Bertz CT molecular complexity index is 769. The van der Waals surface area contributed by atoms with E-state index in [-0.39, 0.29) is 24.2 Å². The number of benzene rings is 2. The van der Waals surface area contributed by atoms with Crippen molar-refractivity contribution in [2.75, 3.05) is 5.32 Å². The lowest BCUT2D eigenvalue weighted by Crippen LogP contribution is -2.19. The van der Waals surface area contributed by atoms with Crippen LogP contribution in [0.1, 0.15) is 18.0 Å². The SMILES string of the molecule is O=C(C[C@H](c1cccc(F)c1)n1cccc1)Nc1ccccc1. The molecule has 3 rings (SSSR count). The summed E-state index contributed by atoms with van der Waals surface area (Å²) in [6.07, 6.45) is 3.99.